The van der Waals surface area contributed by atoms with Gasteiger partial charge >= 0.3 is 0 Å². The maximum Gasteiger partial charge on any atom is 0.152 e. The predicted molar refractivity (Wildman–Crippen MR) is 83.0 cm³/mol. The Morgan fingerprint density at radius 3 is 2.76 bits per heavy atom. The molecule has 0 aliphatic heterocycles. The molecule has 1 aromatic carbocycles. The molecule has 0 aliphatic rings. The summed E-state index contributed by atoms with van der Waals surface area (Å²) in [5.74, 6) is 0.932. The molecule has 2 aromatic heterocycles. The average Bonchev–Trinajstić information content (AvgIpc) is 2.91. The number of phenols is 1. The van der Waals surface area contributed by atoms with Gasteiger partial charge in [0.25, 0.3) is 0 Å². The first-order valence-corrected chi connectivity index (χ1v) is 6.73. The van der Waals surface area contributed by atoms with Crippen LogP contribution in [0, 0.1) is 6.92 Å². The van der Waals surface area contributed by atoms with Crippen molar-refractivity contribution in [2.45, 2.75) is 6.92 Å². The number of anilines is 2. The molecule has 0 atom stereocenters. The van der Waals surface area contributed by atoms with E-state index in [1.807, 2.05) is 25.1 Å². The summed E-state index contributed by atoms with van der Waals surface area (Å²) in [6.07, 6.45) is 1.69. The number of aromatic nitrogens is 3. The van der Waals surface area contributed by atoms with Gasteiger partial charge in [-0.15, -0.1) is 0 Å². The number of benzene rings is 1. The molecule has 0 bridgehead atoms. The van der Waals surface area contributed by atoms with Gasteiger partial charge in [-0.05, 0) is 42.8 Å². The highest BCUT2D eigenvalue weighted by atomic mass is 35.5. The molecule has 106 valence electrons. The van der Waals surface area contributed by atoms with Gasteiger partial charge in [0.15, 0.2) is 5.82 Å². The van der Waals surface area contributed by atoms with Crippen molar-refractivity contribution in [3.8, 4) is 17.0 Å². The minimum Gasteiger partial charge on any atom is -0.508 e. The Kier molecular flexibility index (Phi) is 3.50. The molecule has 2 heterocycles. The van der Waals surface area contributed by atoms with Crippen molar-refractivity contribution in [1.82, 2.24) is 15.2 Å². The zero-order chi connectivity index (χ0) is 14.8. The Balaban J connectivity index is 1.83. The van der Waals surface area contributed by atoms with Gasteiger partial charge in [-0.3, -0.25) is 5.10 Å². The molecule has 0 saturated carbocycles. The van der Waals surface area contributed by atoms with Crippen LogP contribution < -0.4 is 5.32 Å². The number of nitrogens with one attached hydrogen (secondary N) is 2. The Labute approximate surface area is 126 Å². The van der Waals surface area contributed by atoms with E-state index in [4.69, 9.17) is 11.6 Å². The van der Waals surface area contributed by atoms with E-state index in [0.29, 0.717) is 11.0 Å². The number of nitrogens with zero attached hydrogens (tertiary/aromatic N) is 2. The molecule has 0 fully saturated rings. The molecule has 0 radical (unpaired) electrons. The molecule has 5 nitrogen and oxygen atoms in total. The minimum atomic E-state index is 0.244. The summed E-state index contributed by atoms with van der Waals surface area (Å²) in [4.78, 5) is 4.04. The number of halogens is 1. The Morgan fingerprint density at radius 2 is 2.05 bits per heavy atom. The lowest BCUT2D eigenvalue weighted by molar-refractivity contribution is 0.475. The summed E-state index contributed by atoms with van der Waals surface area (Å²) in [5, 5.41) is 20.2. The van der Waals surface area contributed by atoms with E-state index >= 15 is 0 Å². The van der Waals surface area contributed by atoms with Gasteiger partial charge in [0.2, 0.25) is 0 Å². The van der Waals surface area contributed by atoms with Gasteiger partial charge in [0.1, 0.15) is 10.9 Å². The molecule has 0 unspecified atom stereocenters. The first kappa shape index (κ1) is 13.5. The topological polar surface area (TPSA) is 73.8 Å². The largest absolute Gasteiger partial charge is 0.508 e. The van der Waals surface area contributed by atoms with Crippen molar-refractivity contribution >= 4 is 23.1 Å². The molecule has 0 aliphatic carbocycles. The first-order valence-electron chi connectivity index (χ1n) is 6.36. The maximum absolute atomic E-state index is 9.41. The van der Waals surface area contributed by atoms with Crippen LogP contribution >= 0.6 is 11.6 Å². The summed E-state index contributed by atoms with van der Waals surface area (Å²) in [5.41, 5.74) is 3.58. The summed E-state index contributed by atoms with van der Waals surface area (Å²) < 4.78 is 0. The highest BCUT2D eigenvalue weighted by Crippen LogP contribution is 2.25. The zero-order valence-electron chi connectivity index (χ0n) is 11.3. The number of aromatic amines is 1. The van der Waals surface area contributed by atoms with E-state index in [9.17, 15) is 5.11 Å². The van der Waals surface area contributed by atoms with E-state index in [0.717, 1.165) is 22.5 Å². The zero-order valence-corrected chi connectivity index (χ0v) is 12.0. The summed E-state index contributed by atoms with van der Waals surface area (Å²) >= 11 is 5.77. The third-order valence-electron chi connectivity index (χ3n) is 3.09. The molecular formula is C15H13ClN4O. The van der Waals surface area contributed by atoms with Crippen LogP contribution in [0.25, 0.3) is 11.3 Å². The van der Waals surface area contributed by atoms with Gasteiger partial charge in [-0.1, -0.05) is 11.6 Å². The normalized spacial score (nSPS) is 10.6. The van der Waals surface area contributed by atoms with Crippen molar-refractivity contribution in [1.29, 1.82) is 0 Å². The minimum absolute atomic E-state index is 0.244. The fourth-order valence-corrected chi connectivity index (χ4v) is 2.11. The van der Waals surface area contributed by atoms with Gasteiger partial charge in [0.05, 0.1) is 5.69 Å². The molecule has 3 rings (SSSR count). The SMILES string of the molecule is Cc1cc(O)ccc1Nc1cc(-c2ccc(Cl)nc2)[nH]n1. The fourth-order valence-electron chi connectivity index (χ4n) is 1.99. The van der Waals surface area contributed by atoms with Crippen molar-refractivity contribution in [2.24, 2.45) is 0 Å². The van der Waals surface area contributed by atoms with Crippen LogP contribution in [0.5, 0.6) is 5.75 Å². The Morgan fingerprint density at radius 1 is 1.19 bits per heavy atom. The number of pyridine rings is 1. The average molecular weight is 301 g/mol. The lowest BCUT2D eigenvalue weighted by atomic mass is 10.2. The van der Waals surface area contributed by atoms with Gasteiger partial charge in [-0.25, -0.2) is 4.98 Å². The smallest absolute Gasteiger partial charge is 0.152 e. The van der Waals surface area contributed by atoms with Crippen LogP contribution in [-0.2, 0) is 0 Å². The van der Waals surface area contributed by atoms with E-state index in [2.05, 4.69) is 20.5 Å². The molecule has 3 N–H and O–H groups in total. The van der Waals surface area contributed by atoms with E-state index in [-0.39, 0.29) is 5.75 Å². The highest BCUT2D eigenvalue weighted by Gasteiger charge is 2.06. The van der Waals surface area contributed by atoms with Gasteiger partial charge < -0.3 is 10.4 Å². The quantitative estimate of drug-likeness (QED) is 0.507. The third-order valence-corrected chi connectivity index (χ3v) is 3.31. The van der Waals surface area contributed by atoms with Crippen LogP contribution in [0.4, 0.5) is 11.5 Å². The van der Waals surface area contributed by atoms with Crippen LogP contribution in [0.2, 0.25) is 5.15 Å². The number of aromatic hydroxyl groups is 1. The second-order valence-electron chi connectivity index (χ2n) is 4.66. The third kappa shape index (κ3) is 2.98. The van der Waals surface area contributed by atoms with Crippen LogP contribution in [-0.4, -0.2) is 20.3 Å². The number of rotatable bonds is 3. The summed E-state index contributed by atoms with van der Waals surface area (Å²) in [6.45, 7) is 1.92. The second kappa shape index (κ2) is 5.46. The molecule has 6 heteroatoms. The van der Waals surface area contributed by atoms with Gasteiger partial charge in [-0.2, -0.15) is 5.10 Å². The highest BCUT2D eigenvalue weighted by molar-refractivity contribution is 6.29. The fraction of sp³-hybridized carbons (Fsp3) is 0.0667. The lowest BCUT2D eigenvalue weighted by Gasteiger charge is -2.06. The van der Waals surface area contributed by atoms with Crippen LogP contribution in [0.1, 0.15) is 5.56 Å². The Hall–Kier alpha value is -2.53. The standard InChI is InChI=1S/C15H13ClN4O/c1-9-6-11(21)3-4-12(9)18-15-7-13(19-20-15)10-2-5-14(16)17-8-10/h2-8,21H,1H3,(H2,18,19,20). The summed E-state index contributed by atoms with van der Waals surface area (Å²) in [6, 6.07) is 10.6. The molecule has 0 saturated heterocycles. The van der Waals surface area contributed by atoms with Gasteiger partial charge in [0, 0.05) is 23.5 Å². The van der Waals surface area contributed by atoms with Crippen LogP contribution in [0.3, 0.4) is 0 Å². The van der Waals surface area contributed by atoms with E-state index < -0.39 is 0 Å². The molecule has 0 amide bonds. The Bertz CT molecular complexity index is 768. The number of hydrogen-bond donors (Lipinski definition) is 3. The number of aryl methyl sites for hydroxylation is 1. The molecule has 21 heavy (non-hydrogen) atoms. The number of hydrogen-bond acceptors (Lipinski definition) is 4. The molecule has 0 spiro atoms. The maximum atomic E-state index is 9.41. The van der Waals surface area contributed by atoms with Crippen LogP contribution in [0.15, 0.2) is 42.6 Å². The molecular weight excluding hydrogens is 288 g/mol. The predicted octanol–water partition coefficient (Wildman–Crippen LogP) is 3.88. The number of H-pyrrole nitrogens is 1. The lowest BCUT2D eigenvalue weighted by Crippen LogP contribution is -1.92. The summed E-state index contributed by atoms with van der Waals surface area (Å²) in [7, 11) is 0. The number of phenolic OH excluding ortho intramolecular Hbond substituents is 1. The van der Waals surface area contributed by atoms with Crippen molar-refractivity contribution < 1.29 is 5.11 Å². The van der Waals surface area contributed by atoms with Crippen molar-refractivity contribution in [3.63, 3.8) is 0 Å². The second-order valence-corrected chi connectivity index (χ2v) is 5.05. The van der Waals surface area contributed by atoms with E-state index in [1.165, 1.54) is 0 Å². The van der Waals surface area contributed by atoms with Crippen molar-refractivity contribution in [2.75, 3.05) is 5.32 Å². The first-order chi connectivity index (χ1) is 10.1. The monoisotopic (exact) mass is 300 g/mol. The van der Waals surface area contributed by atoms with Crippen molar-refractivity contribution in [3.05, 3.63) is 53.3 Å². The molecule has 3 aromatic rings. The van der Waals surface area contributed by atoms with E-state index in [1.54, 1.807) is 24.4 Å².